The van der Waals surface area contributed by atoms with E-state index in [4.69, 9.17) is 29.4 Å². The van der Waals surface area contributed by atoms with Crippen LogP contribution in [0.4, 0.5) is 0 Å². The maximum absolute atomic E-state index is 13.2. The molecule has 9 heteroatoms. The molecule has 9 nitrogen and oxygen atoms in total. The van der Waals surface area contributed by atoms with Gasteiger partial charge in [0.2, 0.25) is 5.79 Å². The number of carbonyl (C=O) groups excluding carboxylic acids is 1. The first-order valence-corrected chi connectivity index (χ1v) is 20.0. The van der Waals surface area contributed by atoms with Gasteiger partial charge in [-0.3, -0.25) is 10.1 Å². The number of cyclic esters (lactones) is 1. The molecule has 15 atom stereocenters. The Morgan fingerprint density at radius 3 is 2.20 bits per heavy atom. The second-order valence-electron chi connectivity index (χ2n) is 16.2. The van der Waals surface area contributed by atoms with Crippen LogP contribution in [0, 0.1) is 35.0 Å². The smallest absolute Gasteiger partial charge is 0.308 e. The monoisotopic (exact) mass is 698 g/mol. The summed E-state index contributed by atoms with van der Waals surface area (Å²) in [5.41, 5.74) is 5.82. The van der Waals surface area contributed by atoms with Crippen LogP contribution in [0.5, 0.6) is 0 Å². The number of carbonyl (C=O) groups is 1. The number of nitrogens with two attached hydrogens (primary N) is 1. The van der Waals surface area contributed by atoms with Gasteiger partial charge in [0, 0.05) is 32.0 Å². The molecule has 0 aromatic heterocycles. The molecule has 0 aromatic carbocycles. The largest absolute Gasteiger partial charge is 0.462 e. The lowest BCUT2D eigenvalue weighted by molar-refractivity contribution is -0.158. The maximum Gasteiger partial charge on any atom is 0.308 e. The fourth-order valence-corrected chi connectivity index (χ4v) is 9.37. The third kappa shape index (κ3) is 11.6. The van der Waals surface area contributed by atoms with Gasteiger partial charge in [0.05, 0.1) is 18.1 Å². The van der Waals surface area contributed by atoms with E-state index in [2.05, 4.69) is 72.8 Å². The van der Waals surface area contributed by atoms with Gasteiger partial charge in [0.15, 0.2) is 0 Å². The van der Waals surface area contributed by atoms with E-state index in [9.17, 15) is 4.79 Å². The van der Waals surface area contributed by atoms with Crippen molar-refractivity contribution in [3.05, 3.63) is 0 Å². The van der Waals surface area contributed by atoms with Crippen LogP contribution in [0.1, 0.15) is 141 Å². The van der Waals surface area contributed by atoms with E-state index >= 15 is 0 Å². The van der Waals surface area contributed by atoms with Crippen LogP contribution >= 0.6 is 0 Å². The molecule has 1 saturated carbocycles. The minimum Gasteiger partial charge on any atom is -0.462 e. The summed E-state index contributed by atoms with van der Waals surface area (Å²) in [6, 6.07) is 0.870. The predicted molar refractivity (Wildman–Crippen MR) is 200 cm³/mol. The lowest BCUT2D eigenvalue weighted by Gasteiger charge is -2.45. The van der Waals surface area contributed by atoms with Gasteiger partial charge in [0.25, 0.3) is 0 Å². The summed E-state index contributed by atoms with van der Waals surface area (Å²) < 4.78 is 28.6. The zero-order chi connectivity index (χ0) is 37.3. The summed E-state index contributed by atoms with van der Waals surface area (Å²) in [6.45, 7) is 26.0. The van der Waals surface area contributed by atoms with Crippen LogP contribution in [0.2, 0.25) is 0 Å². The van der Waals surface area contributed by atoms with Crippen LogP contribution in [0.3, 0.4) is 0 Å². The first-order chi connectivity index (χ1) is 23.1. The number of ether oxygens (including phenoxy) is 5. The van der Waals surface area contributed by atoms with Crippen molar-refractivity contribution in [2.75, 3.05) is 21.2 Å². The van der Waals surface area contributed by atoms with E-state index in [1.807, 2.05) is 34.6 Å². The van der Waals surface area contributed by atoms with Crippen molar-refractivity contribution in [2.45, 2.75) is 196 Å². The summed E-state index contributed by atoms with van der Waals surface area (Å²) in [5.74, 6) is 1.56. The lowest BCUT2D eigenvalue weighted by atomic mass is 9.72. The molecule has 5 fully saturated rings. The van der Waals surface area contributed by atoms with Crippen LogP contribution < -0.4 is 11.1 Å². The van der Waals surface area contributed by atoms with Crippen LogP contribution in [-0.4, -0.2) is 86.8 Å². The molecule has 0 radical (unpaired) electrons. The quantitative estimate of drug-likeness (QED) is 0.204. The summed E-state index contributed by atoms with van der Waals surface area (Å²) in [4.78, 5) is 15.5. The molecule has 4 aliphatic heterocycles. The second kappa shape index (κ2) is 19.9. The van der Waals surface area contributed by atoms with Gasteiger partial charge < -0.3 is 34.3 Å². The molecule has 0 spiro atoms. The van der Waals surface area contributed by atoms with Gasteiger partial charge in [0.1, 0.15) is 24.7 Å². The third-order valence-corrected chi connectivity index (χ3v) is 11.9. The molecule has 4 heterocycles. The second-order valence-corrected chi connectivity index (χ2v) is 16.2. The highest BCUT2D eigenvalue weighted by Gasteiger charge is 2.64. The highest BCUT2D eigenvalue weighted by Crippen LogP contribution is 2.52. The predicted octanol–water partition coefficient (Wildman–Crippen LogP) is 7.74. The molecule has 2 bridgehead atoms. The molecule has 290 valence electrons. The molecule has 0 aromatic rings. The van der Waals surface area contributed by atoms with Crippen LogP contribution in [0.25, 0.3) is 0 Å². The molecule has 5 aliphatic rings. The Labute approximate surface area is 301 Å². The summed E-state index contributed by atoms with van der Waals surface area (Å²) in [5, 5.41) is 4.04. The first kappa shape index (κ1) is 44.4. The van der Waals surface area contributed by atoms with Crippen molar-refractivity contribution >= 4 is 5.97 Å². The van der Waals surface area contributed by atoms with Crippen molar-refractivity contribution in [2.24, 2.45) is 40.7 Å². The van der Waals surface area contributed by atoms with Crippen molar-refractivity contribution in [3.63, 3.8) is 0 Å². The molecule has 14 unspecified atom stereocenters. The highest BCUT2D eigenvalue weighted by atomic mass is 16.8. The van der Waals surface area contributed by atoms with Gasteiger partial charge in [-0.2, -0.15) is 0 Å². The lowest BCUT2D eigenvalue weighted by Crippen LogP contribution is -2.56. The van der Waals surface area contributed by atoms with E-state index in [-0.39, 0.29) is 54.2 Å². The fourth-order valence-electron chi connectivity index (χ4n) is 9.37. The minimum atomic E-state index is -0.420. The molecule has 49 heavy (non-hydrogen) atoms. The fraction of sp³-hybridized carbons (Fsp3) is 0.975. The van der Waals surface area contributed by atoms with E-state index in [1.165, 1.54) is 12.8 Å². The Morgan fingerprint density at radius 2 is 1.61 bits per heavy atom. The average molecular weight is 698 g/mol. The van der Waals surface area contributed by atoms with Crippen molar-refractivity contribution in [1.82, 2.24) is 10.2 Å². The molecular weight excluding hydrogens is 618 g/mol. The summed E-state index contributed by atoms with van der Waals surface area (Å²) in [6.07, 6.45) is 9.58. The van der Waals surface area contributed by atoms with Gasteiger partial charge in [-0.25, -0.2) is 0 Å². The SMILES string of the molecule is CC.CC.CCCC(C)C1CC2CC(C)(CC2C)C(NC2CC(N(C)C)CC(C)O2)C(C)C[C@@H](C)C(=O)O1.COC12CC(N)OC(C)C1O2. The van der Waals surface area contributed by atoms with Crippen molar-refractivity contribution < 1.29 is 28.5 Å². The Bertz CT molecular complexity index is 970. The van der Waals surface area contributed by atoms with Crippen molar-refractivity contribution in [3.8, 4) is 0 Å². The van der Waals surface area contributed by atoms with E-state index in [1.54, 1.807) is 7.11 Å². The Balaban J connectivity index is 0.000000460. The van der Waals surface area contributed by atoms with Crippen LogP contribution in [-0.2, 0) is 28.5 Å². The number of nitrogens with zero attached hydrogens (tertiary/aromatic N) is 1. The van der Waals surface area contributed by atoms with Crippen molar-refractivity contribution in [1.29, 1.82) is 0 Å². The summed E-state index contributed by atoms with van der Waals surface area (Å²) >= 11 is 0. The third-order valence-electron chi connectivity index (χ3n) is 11.9. The molecule has 0 amide bonds. The number of methoxy groups -OCH3 is 1. The number of hydrogen-bond donors (Lipinski definition) is 2. The van der Waals surface area contributed by atoms with E-state index in [0.717, 1.165) is 38.5 Å². The molecule has 5 rings (SSSR count). The zero-order valence-electron chi connectivity index (χ0n) is 34.3. The Hall–Kier alpha value is -0.810. The number of epoxide rings is 1. The van der Waals surface area contributed by atoms with Gasteiger partial charge in [-0.15, -0.1) is 0 Å². The minimum absolute atomic E-state index is 0.00402. The first-order valence-electron chi connectivity index (χ1n) is 20.0. The summed E-state index contributed by atoms with van der Waals surface area (Å²) in [7, 11) is 6.01. The normalized spacial score (nSPS) is 43.9. The Morgan fingerprint density at radius 1 is 0.959 bits per heavy atom. The van der Waals surface area contributed by atoms with E-state index in [0.29, 0.717) is 42.2 Å². The van der Waals surface area contributed by atoms with Gasteiger partial charge in [-0.1, -0.05) is 75.7 Å². The topological polar surface area (TPSA) is 108 Å². The van der Waals surface area contributed by atoms with Gasteiger partial charge in [-0.05, 0) is 95.6 Å². The number of fused-ring (bicyclic) bond motifs is 3. The number of nitrogens with one attached hydrogen (secondary N) is 1. The Kier molecular flexibility index (Phi) is 18.0. The van der Waals surface area contributed by atoms with Crippen LogP contribution in [0.15, 0.2) is 0 Å². The molecule has 3 N–H and O–H groups in total. The van der Waals surface area contributed by atoms with E-state index < -0.39 is 5.79 Å². The number of rotatable bonds is 7. The average Bonchev–Trinajstić information content (AvgIpc) is 3.72. The maximum atomic E-state index is 13.2. The standard InChI is InChI=1S/C29H54N2O3.C7H13NO3.2C2H6/c1-10-11-18(2)25-14-23-17-29(7,16-21(23)5)27(19(3)12-20(4)28(32)34-25)30-26-15-24(31(8)9)13-22(6)33-26;1-4-6-7(9-2,11-6)3-5(8)10-4;2*1-2/h18-27,30H,10-17H2,1-9H3;4-6H,3,8H2,1-2H3;2*1-2H3/t18?,19?,20-,21?,22?,23?,24?,25?,26?,27?,29?;;;/m1.../s1. The zero-order valence-corrected chi connectivity index (χ0v) is 34.3. The highest BCUT2D eigenvalue weighted by molar-refractivity contribution is 5.72. The molecule has 4 saturated heterocycles. The van der Waals surface area contributed by atoms with Gasteiger partial charge >= 0.3 is 5.97 Å². The number of hydrogen-bond acceptors (Lipinski definition) is 9. The molecule has 1 aliphatic carbocycles. The molecular formula is C40H79N3O6. The number of esters is 1.